The Kier molecular flexibility index (Phi) is 31.4. The van der Waals surface area contributed by atoms with Gasteiger partial charge >= 0.3 is 23.9 Å². The molecule has 4 aromatic carbocycles. The zero-order valence-electron chi connectivity index (χ0n) is 62.9. The third-order valence-corrected chi connectivity index (χ3v) is 25.2. The summed E-state index contributed by atoms with van der Waals surface area (Å²) in [6.07, 6.45) is -15.4. The van der Waals surface area contributed by atoms with Gasteiger partial charge < -0.3 is 85.4 Å². The Balaban J connectivity index is 0.000000295. The van der Waals surface area contributed by atoms with Gasteiger partial charge in [-0.15, -0.1) is 0 Å². The van der Waals surface area contributed by atoms with Crippen molar-refractivity contribution in [2.45, 2.75) is 216 Å². The van der Waals surface area contributed by atoms with E-state index in [4.69, 9.17) is 23.7 Å². The SMILES string of the molecule is CC1=C2C(O)C(=O)[C@]3(C)C(O)CC4OC[C@@]4(O)C3C(C)CC(O)(CC1OC(=O)C(O)C(NC(=O)c1ccccc1)c1ccccc1)C2(C)C.CC1=C2C(O)C(=O)[C@]3(C)C(O)CC4OC[C@@]4(O)C3C(C)CC(O)(CC1OC(=O)C(OC(=O)CCC(=O)O)C(NC(=O)c1ccccc1)c1ccccc1)C2(C)C.[Ac].[Ac].[Ac].[Ac]. The van der Waals surface area contributed by atoms with Gasteiger partial charge in [0.15, 0.2) is 17.7 Å². The van der Waals surface area contributed by atoms with Crippen LogP contribution in [0.2, 0.25) is 0 Å². The van der Waals surface area contributed by atoms with Crippen LogP contribution in [0.15, 0.2) is 144 Å². The van der Waals surface area contributed by atoms with Crippen molar-refractivity contribution in [2.24, 2.45) is 45.3 Å². The van der Waals surface area contributed by atoms with E-state index in [0.29, 0.717) is 22.3 Å². The summed E-state index contributed by atoms with van der Waals surface area (Å²) in [5.74, 6) is -10.1. The van der Waals surface area contributed by atoms with Crippen LogP contribution < -0.4 is 10.6 Å². The van der Waals surface area contributed by atoms with Crippen molar-refractivity contribution in [3.05, 3.63) is 166 Å². The van der Waals surface area contributed by atoms with E-state index in [1.165, 1.54) is 6.92 Å². The minimum atomic E-state index is -1.89. The zero-order valence-corrected chi connectivity index (χ0v) is 81.9. The maximum absolute atomic E-state index is 14.6. The number of aliphatic hydroxyl groups excluding tert-OH is 5. The van der Waals surface area contributed by atoms with E-state index in [0.717, 1.165) is 0 Å². The van der Waals surface area contributed by atoms with Gasteiger partial charge in [-0.2, -0.15) is 0 Å². The Morgan fingerprint density at radius 3 is 1.22 bits per heavy atom. The molecule has 6 aliphatic carbocycles. The predicted molar refractivity (Wildman–Crippen MR) is 374 cm³/mol. The number of ketones is 2. The predicted octanol–water partition coefficient (Wildman–Crippen LogP) is 5.21. The number of hydrogen-bond donors (Lipinski definition) is 12. The van der Waals surface area contributed by atoms with Crippen LogP contribution >= 0.6 is 0 Å². The van der Waals surface area contributed by atoms with E-state index in [2.05, 4.69) is 10.6 Å². The maximum atomic E-state index is 14.6. The molecule has 12 N–H and O–H groups in total. The molecule has 2 heterocycles. The second-order valence-corrected chi connectivity index (χ2v) is 32.0. The van der Waals surface area contributed by atoms with Gasteiger partial charge in [-0.05, 0) is 110 Å². The number of rotatable bonds is 16. The average Bonchev–Trinajstić information content (AvgIpc) is 1.65. The molecule has 109 heavy (non-hydrogen) atoms. The summed E-state index contributed by atoms with van der Waals surface area (Å²) in [4.78, 5) is 109. The number of nitrogens with one attached hydrogen (secondary N) is 2. The van der Waals surface area contributed by atoms with Gasteiger partial charge in [-0.3, -0.25) is 28.8 Å². The molecule has 22 atom stereocenters. The second kappa shape index (κ2) is 36.4. The van der Waals surface area contributed by atoms with E-state index >= 15 is 0 Å². The number of Topliss-reactive ketones (excluding diaryl/α,β-unsaturated/α-hetero) is 2. The molecule has 29 heteroatoms. The fourth-order valence-corrected chi connectivity index (χ4v) is 19.3. The number of ether oxygens (including phenoxy) is 5. The van der Waals surface area contributed by atoms with Crippen molar-refractivity contribution in [1.82, 2.24) is 10.6 Å². The standard InChI is InChI=1S/C42H51NO13.C38H47NO10.4Ac/c1-22-19-41(52)20-26(23(2)31(39(41,3)4)33(48)36(49)40(5)27(44)18-28-42(53,21-54-28)35(22)40)55-38(51)34(56-30(47)17-16-29(45)46)32(24-12-8-6-9-13-24)43-37(50)25-14-10-7-11-15-25;1-20-17-37(46)18-24(49-34(45)30(42)28(22-12-8-6-9-13-22)39-33(44)23-14-10-7-11-15-23)21(2)27(35(37,3)4)29(41)32(43)36(5)25(40)16-26-38(47,19-48-26)31(20)36;;;;/h6-15,22,26-28,32-35,44,48,52-53H,16-21H2,1-5H3,(H,43,50)(H,45,46);6-15,20,24-26,28-31,40-42,46-47H,16-19H2,1-5H3,(H,39,44);;;;/t22?,26?,27?,28?,32?,33?,34?,35?,40-,41?,42+;20?,24?,25?,26?,28?,29?,30?,31?,36-,37?,38+;;;;/m11..../s1. The maximum Gasteiger partial charge on any atom is 0.350 e. The van der Waals surface area contributed by atoms with E-state index < -0.39 is 201 Å². The zero-order chi connectivity index (χ0) is 76.6. The summed E-state index contributed by atoms with van der Waals surface area (Å²) < 4.78 is 29.0. The Bertz CT molecular complexity index is 4080. The minimum absolute atomic E-state index is 0. The number of carbonyl (C=O) groups is 8. The molecule has 25 nitrogen and oxygen atoms in total. The van der Waals surface area contributed by atoms with Crippen LogP contribution in [0, 0.1) is 222 Å². The summed E-state index contributed by atoms with van der Waals surface area (Å²) in [5.41, 5.74) is -9.91. The first kappa shape index (κ1) is 94.0. The molecular formula is C80H98Ac4N2O23. The first-order valence-electron chi connectivity index (χ1n) is 35.9. The smallest absolute Gasteiger partial charge is 0.350 e. The summed E-state index contributed by atoms with van der Waals surface area (Å²) in [6.45, 7) is 16.6. The Labute approximate surface area is 777 Å². The molecule has 2 saturated heterocycles. The number of amides is 2. The van der Waals surface area contributed by atoms with Gasteiger partial charge in [0.1, 0.15) is 41.7 Å². The topological polar surface area (TPSA) is 409 Å². The molecule has 0 spiro atoms. The molecule has 578 valence electrons. The van der Waals surface area contributed by atoms with Crippen molar-refractivity contribution in [3.8, 4) is 0 Å². The van der Waals surface area contributed by atoms with Crippen LogP contribution in [0.4, 0.5) is 0 Å². The Morgan fingerprint density at radius 1 is 0.514 bits per heavy atom. The van der Waals surface area contributed by atoms with Crippen molar-refractivity contribution >= 4 is 47.3 Å². The second-order valence-electron chi connectivity index (χ2n) is 32.0. The van der Waals surface area contributed by atoms with Crippen molar-refractivity contribution < 1.29 is 289 Å². The number of esters is 3. The number of hydrogen-bond acceptors (Lipinski definition) is 22. The van der Waals surface area contributed by atoms with Gasteiger partial charge in [0.05, 0.1) is 78.5 Å². The van der Waals surface area contributed by atoms with E-state index in [1.54, 1.807) is 177 Å². The van der Waals surface area contributed by atoms with Gasteiger partial charge in [0.2, 0.25) is 6.10 Å². The van der Waals surface area contributed by atoms with Crippen LogP contribution in [0.1, 0.15) is 165 Å². The van der Waals surface area contributed by atoms with Gasteiger partial charge in [0, 0.05) is 236 Å². The number of aliphatic hydroxyl groups is 9. The largest absolute Gasteiger partial charge is 0.481 e. The van der Waals surface area contributed by atoms with Crippen LogP contribution in [-0.4, -0.2) is 195 Å². The molecule has 4 saturated carbocycles. The summed E-state index contributed by atoms with van der Waals surface area (Å²) in [5, 5.41) is 122. The number of carbonyl (C=O) groups excluding carboxylic acids is 7. The quantitative estimate of drug-likeness (QED) is 0.0389. The number of fused-ring (bicyclic) bond motifs is 10. The molecule has 2 aliphatic heterocycles. The van der Waals surface area contributed by atoms with Crippen LogP contribution in [-0.2, 0) is 52.5 Å². The fourth-order valence-electron chi connectivity index (χ4n) is 19.3. The molecule has 4 bridgehead atoms. The minimum Gasteiger partial charge on any atom is -0.481 e. The molecule has 8 aliphatic rings. The number of carboxylic acids is 1. The van der Waals surface area contributed by atoms with E-state index in [-0.39, 0.29) is 250 Å². The fraction of sp³-hybridized carbons (Fsp3) is 0.550. The van der Waals surface area contributed by atoms with Crippen molar-refractivity contribution in [1.29, 1.82) is 0 Å². The van der Waals surface area contributed by atoms with E-state index in [1.807, 2.05) is 6.92 Å². The molecule has 4 radical (unpaired) electrons. The van der Waals surface area contributed by atoms with Crippen LogP contribution in [0.3, 0.4) is 0 Å². The molecule has 12 rings (SSSR count). The number of carboxylic acid groups (broad SMARTS) is 1. The molecule has 6 fully saturated rings. The molecule has 4 aromatic rings. The van der Waals surface area contributed by atoms with E-state index in [9.17, 15) is 89.4 Å². The molecular weight excluding hydrogens is 2260 g/mol. The third kappa shape index (κ3) is 17.3. The van der Waals surface area contributed by atoms with Crippen molar-refractivity contribution in [2.75, 3.05) is 13.2 Å². The summed E-state index contributed by atoms with van der Waals surface area (Å²) >= 11 is 0. The first-order valence-corrected chi connectivity index (χ1v) is 35.9. The number of benzene rings is 4. The summed E-state index contributed by atoms with van der Waals surface area (Å²) in [6, 6.07) is 30.7. The normalized spacial score (nSPS) is 34.8. The summed E-state index contributed by atoms with van der Waals surface area (Å²) in [7, 11) is 0. The molecule has 18 unspecified atom stereocenters. The Hall–Kier alpha value is -2.15. The van der Waals surface area contributed by atoms with Crippen LogP contribution in [0.5, 0.6) is 0 Å². The average molecular weight is 2360 g/mol. The number of aliphatic carboxylic acids is 1. The first-order chi connectivity index (χ1) is 49.2. The van der Waals surface area contributed by atoms with Gasteiger partial charge in [-0.1, -0.05) is 139 Å². The monoisotopic (exact) mass is 2360 g/mol. The molecule has 0 aromatic heterocycles. The van der Waals surface area contributed by atoms with Crippen molar-refractivity contribution in [3.63, 3.8) is 0 Å². The molecule has 2 amide bonds. The van der Waals surface area contributed by atoms with Crippen LogP contribution in [0.25, 0.3) is 0 Å². The van der Waals surface area contributed by atoms with Gasteiger partial charge in [-0.25, -0.2) is 9.59 Å². The van der Waals surface area contributed by atoms with Gasteiger partial charge in [0.25, 0.3) is 11.8 Å². The Morgan fingerprint density at radius 2 is 0.862 bits per heavy atom. The third-order valence-electron chi connectivity index (χ3n) is 25.2.